The fraction of sp³-hybridized carbons (Fsp3) is 0.292. The summed E-state index contributed by atoms with van der Waals surface area (Å²) < 4.78 is 55.5. The summed E-state index contributed by atoms with van der Waals surface area (Å²) in [4.78, 5) is 28.4. The molecule has 0 saturated heterocycles. The minimum Gasteiger partial charge on any atom is -0.406 e. The van der Waals surface area contributed by atoms with Gasteiger partial charge in [-0.2, -0.15) is 0 Å². The number of aryl methyl sites for hydroxylation is 1. The quantitative estimate of drug-likeness (QED) is 0.103. The number of carbonyl (C=O) groups is 2. The van der Waals surface area contributed by atoms with Crippen LogP contribution in [0, 0.1) is 0 Å². The molecule has 1 unspecified atom stereocenters. The van der Waals surface area contributed by atoms with Gasteiger partial charge in [0.2, 0.25) is 11.0 Å². The summed E-state index contributed by atoms with van der Waals surface area (Å²) in [6.07, 6.45) is -3.51. The van der Waals surface area contributed by atoms with Crippen LogP contribution in [-0.2, 0) is 29.0 Å². The van der Waals surface area contributed by atoms with Crippen molar-refractivity contribution in [1.29, 1.82) is 0 Å². The van der Waals surface area contributed by atoms with Gasteiger partial charge in [-0.25, -0.2) is 10.2 Å². The molecule has 0 bridgehead atoms. The summed E-state index contributed by atoms with van der Waals surface area (Å²) in [6, 6.07) is 10.3. The average molecular weight is 583 g/mol. The van der Waals surface area contributed by atoms with Crippen LogP contribution in [-0.4, -0.2) is 51.1 Å². The van der Waals surface area contributed by atoms with Crippen LogP contribution < -0.4 is 26.9 Å². The average Bonchev–Trinajstić information content (AvgIpc) is 3.32. The Morgan fingerprint density at radius 2 is 1.98 bits per heavy atom. The molecule has 16 heteroatoms. The third kappa shape index (κ3) is 10.8. The molecule has 11 nitrogen and oxygen atoms in total. The number of nitrogens with zero attached hydrogens (tertiary/aromatic N) is 4. The van der Waals surface area contributed by atoms with Gasteiger partial charge in [0.15, 0.2) is 0 Å². The predicted octanol–water partition coefficient (Wildman–Crippen LogP) is 2.58. The molecule has 6 N–H and O–H groups in total. The molecular weight excluding hydrogens is 556 g/mol. The van der Waals surface area contributed by atoms with Crippen LogP contribution in [0.15, 0.2) is 60.6 Å². The van der Waals surface area contributed by atoms with Gasteiger partial charge in [-0.05, 0) is 36.2 Å². The number of hydrogen-bond acceptors (Lipinski definition) is 10. The van der Waals surface area contributed by atoms with Crippen LogP contribution in [0.25, 0.3) is 0 Å². The van der Waals surface area contributed by atoms with Gasteiger partial charge in [0, 0.05) is 18.8 Å². The first-order valence-corrected chi connectivity index (χ1v) is 12.6. The largest absolute Gasteiger partial charge is 0.573 e. The third-order valence-electron chi connectivity index (χ3n) is 5.01. The standard InChI is InChI=1S/C24H26F4N8O3S/c25-16(13-36(30)14-19(29)22(38)32-12-17-5-1-2-9-31-17)7-8-21-34-35-23(40-21)33-20(37)11-15-4-3-6-18(10-15)39-24(26,27)28/h1-6,9-10,14,16H,7-8,11-13,29-30H2,(H,32,38)(H,33,35,37)/b19-14-. The molecule has 0 aliphatic carbocycles. The second kappa shape index (κ2) is 14.2. The number of pyridine rings is 1. The Morgan fingerprint density at radius 3 is 2.70 bits per heavy atom. The molecule has 40 heavy (non-hydrogen) atoms. The maximum Gasteiger partial charge on any atom is 0.573 e. The number of rotatable bonds is 13. The van der Waals surface area contributed by atoms with Crippen LogP contribution in [0.5, 0.6) is 5.75 Å². The van der Waals surface area contributed by atoms with Gasteiger partial charge in [-0.1, -0.05) is 29.5 Å². The van der Waals surface area contributed by atoms with Gasteiger partial charge >= 0.3 is 6.36 Å². The molecule has 0 spiro atoms. The van der Waals surface area contributed by atoms with Gasteiger partial charge in [0.05, 0.1) is 25.2 Å². The van der Waals surface area contributed by atoms with Crippen LogP contribution in [0.4, 0.5) is 22.7 Å². The number of aromatic nitrogens is 3. The molecule has 214 valence electrons. The second-order valence-corrected chi connectivity index (χ2v) is 9.40. The molecule has 1 atom stereocenters. The zero-order chi connectivity index (χ0) is 29.1. The predicted molar refractivity (Wildman–Crippen MR) is 138 cm³/mol. The topological polar surface area (TPSA) is 161 Å². The van der Waals surface area contributed by atoms with E-state index >= 15 is 0 Å². The SMILES string of the molecule is N/C(=C\N(N)CC(F)CCc1nnc(NC(=O)Cc2cccc(OC(F)(F)F)c2)s1)C(=O)NCc1ccccn1. The van der Waals surface area contributed by atoms with E-state index in [9.17, 15) is 27.2 Å². The van der Waals surface area contributed by atoms with E-state index in [0.29, 0.717) is 16.3 Å². The molecule has 3 aromatic rings. The Kier molecular flexibility index (Phi) is 10.7. The van der Waals surface area contributed by atoms with Crippen molar-refractivity contribution < 1.29 is 31.9 Å². The Labute approximate surface area is 230 Å². The Bertz CT molecular complexity index is 1310. The first-order chi connectivity index (χ1) is 19.0. The van der Waals surface area contributed by atoms with Gasteiger partial charge in [0.25, 0.3) is 5.91 Å². The summed E-state index contributed by atoms with van der Waals surface area (Å²) in [5.41, 5.74) is 6.47. The summed E-state index contributed by atoms with van der Waals surface area (Å²) in [5, 5.41) is 14.4. The number of halogens is 4. The monoisotopic (exact) mass is 582 g/mol. The van der Waals surface area contributed by atoms with E-state index in [1.807, 2.05) is 0 Å². The summed E-state index contributed by atoms with van der Waals surface area (Å²) in [6.45, 7) is -0.0767. The number of amides is 2. The van der Waals surface area contributed by atoms with E-state index in [1.165, 1.54) is 12.1 Å². The number of nitrogens with two attached hydrogens (primary N) is 2. The van der Waals surface area contributed by atoms with E-state index in [2.05, 4.69) is 30.6 Å². The van der Waals surface area contributed by atoms with Crippen molar-refractivity contribution >= 4 is 28.3 Å². The summed E-state index contributed by atoms with van der Waals surface area (Å²) >= 11 is 1.03. The molecule has 0 aliphatic rings. The van der Waals surface area contributed by atoms with Crippen LogP contribution in [0.2, 0.25) is 0 Å². The lowest BCUT2D eigenvalue weighted by Gasteiger charge is -2.17. The Morgan fingerprint density at radius 1 is 1.18 bits per heavy atom. The lowest BCUT2D eigenvalue weighted by molar-refractivity contribution is -0.274. The van der Waals surface area contributed by atoms with Gasteiger partial charge < -0.3 is 26.1 Å². The lowest BCUT2D eigenvalue weighted by atomic mass is 10.1. The van der Waals surface area contributed by atoms with Crippen molar-refractivity contribution in [2.24, 2.45) is 11.6 Å². The fourth-order valence-corrected chi connectivity index (χ4v) is 4.04. The molecule has 0 saturated carbocycles. The minimum absolute atomic E-state index is 0.0297. The number of nitrogens with one attached hydrogen (secondary N) is 2. The summed E-state index contributed by atoms with van der Waals surface area (Å²) in [5.74, 6) is 4.22. The second-order valence-electron chi connectivity index (χ2n) is 8.34. The number of benzene rings is 1. The molecule has 3 rings (SSSR count). The van der Waals surface area contributed by atoms with Crippen molar-refractivity contribution in [3.63, 3.8) is 0 Å². The molecule has 2 aromatic heterocycles. The van der Waals surface area contributed by atoms with E-state index in [0.717, 1.165) is 34.7 Å². The third-order valence-corrected chi connectivity index (χ3v) is 5.91. The van der Waals surface area contributed by atoms with Crippen molar-refractivity contribution in [2.45, 2.75) is 38.3 Å². The number of carbonyl (C=O) groups excluding carboxylic acids is 2. The molecule has 0 aliphatic heterocycles. The van der Waals surface area contributed by atoms with Gasteiger partial charge in [-0.15, -0.1) is 23.4 Å². The molecule has 0 radical (unpaired) electrons. The van der Waals surface area contributed by atoms with Crippen LogP contribution in [0.1, 0.15) is 22.7 Å². The van der Waals surface area contributed by atoms with E-state index < -0.39 is 30.1 Å². The van der Waals surface area contributed by atoms with Crippen LogP contribution >= 0.6 is 11.3 Å². The van der Waals surface area contributed by atoms with Crippen molar-refractivity contribution in [3.05, 3.63) is 76.8 Å². The van der Waals surface area contributed by atoms with Gasteiger partial charge in [0.1, 0.15) is 22.6 Å². The molecule has 1 aromatic carbocycles. The molecule has 2 amide bonds. The number of hydrazine groups is 1. The highest BCUT2D eigenvalue weighted by Gasteiger charge is 2.31. The minimum atomic E-state index is -4.84. The maximum atomic E-state index is 14.5. The normalized spacial score (nSPS) is 12.5. The highest BCUT2D eigenvalue weighted by atomic mass is 32.1. The smallest absolute Gasteiger partial charge is 0.406 e. The van der Waals surface area contributed by atoms with E-state index in [-0.39, 0.29) is 43.2 Å². The van der Waals surface area contributed by atoms with Crippen molar-refractivity contribution in [3.8, 4) is 5.75 Å². The van der Waals surface area contributed by atoms with Gasteiger partial charge in [-0.3, -0.25) is 14.6 Å². The molecule has 0 fully saturated rings. The van der Waals surface area contributed by atoms with E-state index in [4.69, 9.17) is 11.6 Å². The lowest BCUT2D eigenvalue weighted by Crippen LogP contribution is -2.36. The fourth-order valence-electron chi connectivity index (χ4n) is 3.27. The maximum absolute atomic E-state index is 14.5. The number of alkyl halides is 4. The highest BCUT2D eigenvalue weighted by molar-refractivity contribution is 7.15. The Balaban J connectivity index is 1.40. The first kappa shape index (κ1) is 30.2. The zero-order valence-electron chi connectivity index (χ0n) is 20.9. The number of hydrogen-bond donors (Lipinski definition) is 4. The molecule has 2 heterocycles. The van der Waals surface area contributed by atoms with Crippen molar-refractivity contribution in [2.75, 3.05) is 11.9 Å². The van der Waals surface area contributed by atoms with E-state index in [1.54, 1.807) is 24.4 Å². The Hall–Kier alpha value is -4.31. The summed E-state index contributed by atoms with van der Waals surface area (Å²) in [7, 11) is 0. The van der Waals surface area contributed by atoms with Crippen molar-refractivity contribution in [1.82, 2.24) is 25.5 Å². The molecular formula is C24H26F4N8O3S. The number of anilines is 1. The first-order valence-electron chi connectivity index (χ1n) is 11.7. The van der Waals surface area contributed by atoms with Crippen LogP contribution in [0.3, 0.4) is 0 Å². The highest BCUT2D eigenvalue weighted by Crippen LogP contribution is 2.24. The number of ether oxygens (including phenoxy) is 1. The zero-order valence-corrected chi connectivity index (χ0v) is 21.7.